The fourth-order valence-electron chi connectivity index (χ4n) is 1.29. The lowest BCUT2D eigenvalue weighted by Crippen LogP contribution is -2.43. The molecule has 18 heavy (non-hydrogen) atoms. The van der Waals surface area contributed by atoms with Gasteiger partial charge in [-0.2, -0.15) is 0 Å². The van der Waals surface area contributed by atoms with Crippen LogP contribution in [0.5, 0.6) is 0 Å². The summed E-state index contributed by atoms with van der Waals surface area (Å²) in [4.78, 5) is 21.8. The number of nitrogens with two attached hydrogens (primary N) is 1. The first-order valence-corrected chi connectivity index (χ1v) is 5.36. The molecular formula is C12H15NO5. The molecule has 0 aromatic heterocycles. The summed E-state index contributed by atoms with van der Waals surface area (Å²) in [7, 11) is 0. The number of carbonyl (C=O) groups excluding carboxylic acids is 1. The Morgan fingerprint density at radius 1 is 1.28 bits per heavy atom. The fourth-order valence-corrected chi connectivity index (χ4v) is 1.29. The molecule has 98 valence electrons. The van der Waals surface area contributed by atoms with Gasteiger partial charge in [-0.25, -0.2) is 0 Å². The summed E-state index contributed by atoms with van der Waals surface area (Å²) in [6.07, 6.45) is -2.05. The van der Waals surface area contributed by atoms with E-state index in [2.05, 4.69) is 0 Å². The molecule has 0 aliphatic rings. The monoisotopic (exact) mass is 253 g/mol. The second-order valence-corrected chi connectivity index (χ2v) is 3.78. The first-order chi connectivity index (χ1) is 8.50. The number of carbonyl (C=O) groups is 2. The van der Waals surface area contributed by atoms with E-state index in [9.17, 15) is 14.7 Å². The maximum atomic E-state index is 11.4. The number of hydrogen-bond donors (Lipinski definition) is 3. The van der Waals surface area contributed by atoms with Crippen LogP contribution in [0.2, 0.25) is 0 Å². The van der Waals surface area contributed by atoms with E-state index in [1.807, 2.05) is 6.07 Å². The number of rotatable bonds is 6. The number of ether oxygens (including phenoxy) is 1. The van der Waals surface area contributed by atoms with Gasteiger partial charge in [-0.1, -0.05) is 30.3 Å². The summed E-state index contributed by atoms with van der Waals surface area (Å²) in [6.45, 7) is 0.0349. The zero-order valence-corrected chi connectivity index (χ0v) is 9.65. The Morgan fingerprint density at radius 3 is 2.44 bits per heavy atom. The molecule has 6 nitrogen and oxygen atoms in total. The average Bonchev–Trinajstić information content (AvgIpc) is 2.35. The highest BCUT2D eigenvalue weighted by molar-refractivity contribution is 5.77. The maximum Gasteiger partial charge on any atom is 0.325 e. The lowest BCUT2D eigenvalue weighted by molar-refractivity contribution is -0.150. The van der Waals surface area contributed by atoms with E-state index in [1.54, 1.807) is 24.3 Å². The molecule has 1 rings (SSSR count). The van der Waals surface area contributed by atoms with Crippen LogP contribution >= 0.6 is 0 Å². The summed E-state index contributed by atoms with van der Waals surface area (Å²) in [5, 5.41) is 17.8. The first kappa shape index (κ1) is 14.1. The van der Waals surface area contributed by atoms with Crippen molar-refractivity contribution in [3.8, 4) is 0 Å². The van der Waals surface area contributed by atoms with E-state index < -0.39 is 30.5 Å². The summed E-state index contributed by atoms with van der Waals surface area (Å²) in [5.41, 5.74) is 6.17. The predicted molar refractivity (Wildman–Crippen MR) is 62.5 cm³/mol. The molecule has 0 amide bonds. The minimum Gasteiger partial charge on any atom is -0.481 e. The van der Waals surface area contributed by atoms with Gasteiger partial charge in [0.15, 0.2) is 0 Å². The minimum atomic E-state index is -1.45. The molecule has 0 spiro atoms. The Labute approximate surface area is 104 Å². The zero-order chi connectivity index (χ0) is 13.5. The third kappa shape index (κ3) is 4.52. The SMILES string of the molecule is NC(C(=O)OCc1ccccc1)C(O)CC(=O)O. The van der Waals surface area contributed by atoms with Crippen molar-refractivity contribution in [2.75, 3.05) is 0 Å². The quantitative estimate of drug-likeness (QED) is 0.610. The summed E-state index contributed by atoms with van der Waals surface area (Å²) >= 11 is 0. The highest BCUT2D eigenvalue weighted by Crippen LogP contribution is 2.04. The van der Waals surface area contributed by atoms with E-state index >= 15 is 0 Å². The van der Waals surface area contributed by atoms with Crippen LogP contribution in [0.15, 0.2) is 30.3 Å². The molecule has 2 unspecified atom stereocenters. The lowest BCUT2D eigenvalue weighted by atomic mass is 10.1. The molecule has 0 bridgehead atoms. The van der Waals surface area contributed by atoms with E-state index in [4.69, 9.17) is 15.6 Å². The molecule has 0 heterocycles. The third-order valence-corrected chi connectivity index (χ3v) is 2.29. The molecule has 0 aliphatic carbocycles. The first-order valence-electron chi connectivity index (χ1n) is 5.36. The summed E-state index contributed by atoms with van der Waals surface area (Å²) in [6, 6.07) is 7.60. The summed E-state index contributed by atoms with van der Waals surface area (Å²) in [5.74, 6) is -2.05. The Bertz CT molecular complexity index is 406. The largest absolute Gasteiger partial charge is 0.481 e. The molecule has 0 fully saturated rings. The number of hydrogen-bond acceptors (Lipinski definition) is 5. The minimum absolute atomic E-state index is 0.0349. The molecule has 0 saturated carbocycles. The fraction of sp³-hybridized carbons (Fsp3) is 0.333. The predicted octanol–water partition coefficient (Wildman–Crippen LogP) is -0.107. The Balaban J connectivity index is 2.43. The molecule has 2 atom stereocenters. The van der Waals surface area contributed by atoms with Crippen molar-refractivity contribution in [3.63, 3.8) is 0 Å². The van der Waals surface area contributed by atoms with Gasteiger partial charge in [0.2, 0.25) is 0 Å². The maximum absolute atomic E-state index is 11.4. The van der Waals surface area contributed by atoms with Crippen LogP contribution in [0.4, 0.5) is 0 Å². The second kappa shape index (κ2) is 6.73. The van der Waals surface area contributed by atoms with Crippen LogP contribution in [0.3, 0.4) is 0 Å². The number of carboxylic acids is 1. The second-order valence-electron chi connectivity index (χ2n) is 3.78. The molecule has 1 aromatic rings. The van der Waals surface area contributed by atoms with Gasteiger partial charge in [-0.15, -0.1) is 0 Å². The standard InChI is InChI=1S/C12H15NO5/c13-11(9(14)6-10(15)16)12(17)18-7-8-4-2-1-3-5-8/h1-5,9,11,14H,6-7,13H2,(H,15,16). The molecule has 6 heteroatoms. The van der Waals surface area contributed by atoms with Crippen molar-refractivity contribution in [2.45, 2.75) is 25.2 Å². The van der Waals surface area contributed by atoms with Crippen LogP contribution in [0.25, 0.3) is 0 Å². The van der Waals surface area contributed by atoms with Crippen molar-refractivity contribution in [2.24, 2.45) is 5.73 Å². The Kier molecular flexibility index (Phi) is 5.29. The molecular weight excluding hydrogens is 238 g/mol. The number of carboxylic acid groups (broad SMARTS) is 1. The van der Waals surface area contributed by atoms with E-state index in [0.29, 0.717) is 0 Å². The van der Waals surface area contributed by atoms with Crippen LogP contribution < -0.4 is 5.73 Å². The molecule has 1 aromatic carbocycles. The van der Waals surface area contributed by atoms with Crippen molar-refractivity contribution >= 4 is 11.9 Å². The van der Waals surface area contributed by atoms with Gasteiger partial charge >= 0.3 is 11.9 Å². The number of esters is 1. The topological polar surface area (TPSA) is 110 Å². The van der Waals surface area contributed by atoms with Crippen LogP contribution in [0, 0.1) is 0 Å². The van der Waals surface area contributed by atoms with E-state index in [1.165, 1.54) is 0 Å². The van der Waals surface area contributed by atoms with Gasteiger partial charge in [0, 0.05) is 0 Å². The average molecular weight is 253 g/mol. The zero-order valence-electron chi connectivity index (χ0n) is 9.65. The van der Waals surface area contributed by atoms with Gasteiger partial charge in [0.05, 0.1) is 12.5 Å². The summed E-state index contributed by atoms with van der Waals surface area (Å²) < 4.78 is 4.88. The van der Waals surface area contributed by atoms with Crippen molar-refractivity contribution in [1.29, 1.82) is 0 Å². The van der Waals surface area contributed by atoms with Crippen LogP contribution in [0.1, 0.15) is 12.0 Å². The van der Waals surface area contributed by atoms with Crippen LogP contribution in [-0.2, 0) is 20.9 Å². The highest BCUT2D eigenvalue weighted by atomic mass is 16.5. The number of benzene rings is 1. The third-order valence-electron chi connectivity index (χ3n) is 2.29. The Hall–Kier alpha value is -1.92. The number of aliphatic carboxylic acids is 1. The van der Waals surface area contributed by atoms with Gasteiger partial charge in [0.1, 0.15) is 12.6 Å². The lowest BCUT2D eigenvalue weighted by Gasteiger charge is -2.15. The number of aliphatic hydroxyl groups excluding tert-OH is 1. The van der Waals surface area contributed by atoms with Crippen molar-refractivity contribution < 1.29 is 24.5 Å². The normalized spacial score (nSPS) is 13.7. The number of aliphatic hydroxyl groups is 1. The van der Waals surface area contributed by atoms with Gasteiger partial charge in [-0.05, 0) is 5.56 Å². The Morgan fingerprint density at radius 2 is 1.89 bits per heavy atom. The van der Waals surface area contributed by atoms with Gasteiger partial charge < -0.3 is 20.7 Å². The highest BCUT2D eigenvalue weighted by Gasteiger charge is 2.26. The molecule has 0 aliphatic heterocycles. The van der Waals surface area contributed by atoms with E-state index in [-0.39, 0.29) is 6.61 Å². The van der Waals surface area contributed by atoms with Crippen molar-refractivity contribution in [1.82, 2.24) is 0 Å². The van der Waals surface area contributed by atoms with E-state index in [0.717, 1.165) is 5.56 Å². The molecule has 4 N–H and O–H groups in total. The molecule has 0 radical (unpaired) electrons. The van der Waals surface area contributed by atoms with Crippen molar-refractivity contribution in [3.05, 3.63) is 35.9 Å². The molecule has 0 saturated heterocycles. The van der Waals surface area contributed by atoms with Gasteiger partial charge in [0.25, 0.3) is 0 Å². The van der Waals surface area contributed by atoms with Crippen LogP contribution in [-0.4, -0.2) is 34.3 Å². The smallest absolute Gasteiger partial charge is 0.325 e. The van der Waals surface area contributed by atoms with Gasteiger partial charge in [-0.3, -0.25) is 9.59 Å².